The van der Waals surface area contributed by atoms with Gasteiger partial charge in [0, 0.05) is 44.9 Å². The van der Waals surface area contributed by atoms with Gasteiger partial charge in [0.2, 0.25) is 0 Å². The first-order valence-corrected chi connectivity index (χ1v) is 9.09. The first-order chi connectivity index (χ1) is 12.5. The maximum Gasteiger partial charge on any atom is 0.191 e. The van der Waals surface area contributed by atoms with Crippen LogP contribution < -0.4 is 10.6 Å². The Bertz CT molecular complexity index is 686. The number of nitrogens with zero attached hydrogens (tertiary/aromatic N) is 7. The second-order valence-electron chi connectivity index (χ2n) is 6.37. The van der Waals surface area contributed by atoms with Crippen molar-refractivity contribution in [3.63, 3.8) is 0 Å². The Kier molecular flexibility index (Phi) is 7.58. The molecule has 1 unspecified atom stereocenters. The van der Waals surface area contributed by atoms with E-state index in [4.69, 9.17) is 4.99 Å². The summed E-state index contributed by atoms with van der Waals surface area (Å²) in [5, 5.41) is 19.0. The largest absolute Gasteiger partial charge is 0.357 e. The lowest BCUT2D eigenvalue weighted by Gasteiger charge is -2.22. The maximum absolute atomic E-state index is 4.76. The molecule has 1 atom stereocenters. The first-order valence-electron chi connectivity index (χ1n) is 9.09. The molecule has 9 nitrogen and oxygen atoms in total. The molecule has 0 saturated heterocycles. The second kappa shape index (κ2) is 9.91. The molecule has 2 rings (SSSR count). The molecular weight excluding hydrogens is 330 g/mol. The van der Waals surface area contributed by atoms with Crippen molar-refractivity contribution in [2.24, 2.45) is 12.0 Å². The van der Waals surface area contributed by atoms with Crippen LogP contribution in [0, 0.1) is 0 Å². The summed E-state index contributed by atoms with van der Waals surface area (Å²) >= 11 is 0. The molecule has 0 aliphatic heterocycles. The molecule has 0 aromatic carbocycles. The van der Waals surface area contributed by atoms with Crippen molar-refractivity contribution in [3.05, 3.63) is 30.1 Å². The summed E-state index contributed by atoms with van der Waals surface area (Å²) in [6.07, 6.45) is 6.59. The summed E-state index contributed by atoms with van der Waals surface area (Å²) in [5.74, 6) is 1.81. The van der Waals surface area contributed by atoms with Crippen LogP contribution in [0.1, 0.15) is 31.3 Å². The number of aryl methyl sites for hydroxylation is 2. The lowest BCUT2D eigenvalue weighted by atomic mass is 10.1. The van der Waals surface area contributed by atoms with Crippen LogP contribution in [0.4, 0.5) is 0 Å². The fourth-order valence-corrected chi connectivity index (χ4v) is 2.73. The zero-order valence-corrected chi connectivity index (χ0v) is 16.5. The number of aliphatic imine (C=N–C) groups is 1. The summed E-state index contributed by atoms with van der Waals surface area (Å²) < 4.78 is 3.89. The van der Waals surface area contributed by atoms with Crippen molar-refractivity contribution in [1.29, 1.82) is 0 Å². The minimum atomic E-state index is 0.184. The predicted molar refractivity (Wildman–Crippen MR) is 103 cm³/mol. The van der Waals surface area contributed by atoms with Crippen LogP contribution in [0.5, 0.6) is 0 Å². The van der Waals surface area contributed by atoms with Crippen LogP contribution in [-0.2, 0) is 20.0 Å². The van der Waals surface area contributed by atoms with Gasteiger partial charge in [-0.25, -0.2) is 0 Å². The van der Waals surface area contributed by atoms with E-state index < -0.39 is 0 Å². The Balaban J connectivity index is 1.96. The van der Waals surface area contributed by atoms with Gasteiger partial charge in [-0.05, 0) is 21.0 Å². The Hall–Kier alpha value is -2.42. The number of guanidine groups is 1. The lowest BCUT2D eigenvalue weighted by Crippen LogP contribution is -2.39. The van der Waals surface area contributed by atoms with E-state index in [9.17, 15) is 0 Å². The van der Waals surface area contributed by atoms with Gasteiger partial charge in [-0.2, -0.15) is 5.10 Å². The number of hydrogen-bond acceptors (Lipinski definition) is 5. The number of hydrogen-bond donors (Lipinski definition) is 2. The molecule has 144 valence electrons. The molecule has 9 heteroatoms. The molecule has 0 fully saturated rings. The highest BCUT2D eigenvalue weighted by Crippen LogP contribution is 2.17. The van der Waals surface area contributed by atoms with Gasteiger partial charge in [-0.3, -0.25) is 9.67 Å². The van der Waals surface area contributed by atoms with Gasteiger partial charge in [0.05, 0.1) is 18.8 Å². The van der Waals surface area contributed by atoms with Crippen molar-refractivity contribution >= 4 is 5.96 Å². The molecule has 0 saturated carbocycles. The van der Waals surface area contributed by atoms with Crippen LogP contribution in [0.15, 0.2) is 23.7 Å². The first kappa shape index (κ1) is 19.9. The van der Waals surface area contributed by atoms with Crippen LogP contribution in [0.3, 0.4) is 0 Å². The number of likely N-dealkylation sites (N-methyl/N-ethyl adjacent to an activating group) is 1. The van der Waals surface area contributed by atoms with E-state index in [1.54, 1.807) is 6.33 Å². The van der Waals surface area contributed by atoms with Gasteiger partial charge in [-0.1, -0.05) is 6.92 Å². The van der Waals surface area contributed by atoms with Crippen LogP contribution in [0.2, 0.25) is 0 Å². The van der Waals surface area contributed by atoms with Gasteiger partial charge < -0.3 is 20.1 Å². The highest BCUT2D eigenvalue weighted by atomic mass is 15.3. The quantitative estimate of drug-likeness (QED) is 0.497. The molecule has 2 N–H and O–H groups in total. The molecule has 2 aromatic heterocycles. The van der Waals surface area contributed by atoms with Crippen molar-refractivity contribution in [2.45, 2.75) is 32.9 Å². The molecule has 26 heavy (non-hydrogen) atoms. The normalized spacial score (nSPS) is 13.2. The predicted octanol–water partition coefficient (Wildman–Crippen LogP) is 0.432. The Morgan fingerprint density at radius 2 is 2.12 bits per heavy atom. The monoisotopic (exact) mass is 361 g/mol. The van der Waals surface area contributed by atoms with E-state index in [0.29, 0.717) is 6.54 Å². The zero-order chi connectivity index (χ0) is 18.9. The molecule has 0 spiro atoms. The zero-order valence-electron chi connectivity index (χ0n) is 16.5. The summed E-state index contributed by atoms with van der Waals surface area (Å²) in [6, 6.07) is 0.184. The van der Waals surface area contributed by atoms with Gasteiger partial charge in [0.25, 0.3) is 0 Å². The molecule has 2 aromatic rings. The average molecular weight is 361 g/mol. The van der Waals surface area contributed by atoms with Crippen molar-refractivity contribution < 1.29 is 0 Å². The van der Waals surface area contributed by atoms with Gasteiger partial charge in [0.1, 0.15) is 12.2 Å². The van der Waals surface area contributed by atoms with Crippen LogP contribution >= 0.6 is 0 Å². The summed E-state index contributed by atoms with van der Waals surface area (Å²) in [4.78, 5) is 6.92. The molecule has 2 heterocycles. The van der Waals surface area contributed by atoms with Crippen LogP contribution in [0.25, 0.3) is 0 Å². The van der Waals surface area contributed by atoms with Gasteiger partial charge >= 0.3 is 0 Å². The second-order valence-corrected chi connectivity index (χ2v) is 6.37. The van der Waals surface area contributed by atoms with Gasteiger partial charge in [0.15, 0.2) is 5.96 Å². The molecule has 0 aliphatic carbocycles. The minimum absolute atomic E-state index is 0.184. The third-order valence-corrected chi connectivity index (χ3v) is 4.16. The minimum Gasteiger partial charge on any atom is -0.357 e. The summed E-state index contributed by atoms with van der Waals surface area (Å²) in [7, 11) is 6.05. The van der Waals surface area contributed by atoms with E-state index in [0.717, 1.165) is 43.4 Å². The molecule has 0 radical (unpaired) electrons. The highest BCUT2D eigenvalue weighted by molar-refractivity contribution is 5.79. The van der Waals surface area contributed by atoms with E-state index in [1.807, 2.05) is 24.1 Å². The van der Waals surface area contributed by atoms with Crippen LogP contribution in [-0.4, -0.2) is 69.1 Å². The lowest BCUT2D eigenvalue weighted by molar-refractivity contribution is 0.306. The molecule has 0 bridgehead atoms. The average Bonchev–Trinajstić information content (AvgIpc) is 3.23. The van der Waals surface area contributed by atoms with Crippen molar-refractivity contribution in [1.82, 2.24) is 40.1 Å². The van der Waals surface area contributed by atoms with Crippen molar-refractivity contribution in [2.75, 3.05) is 33.7 Å². The number of aromatic nitrogens is 5. The SMILES string of the molecule is CCNC(=NCC(c1cnn(C)c1)N(C)C)NCCn1cnnc1CC. The fourth-order valence-electron chi connectivity index (χ4n) is 2.73. The number of rotatable bonds is 9. The van der Waals surface area contributed by atoms with E-state index in [-0.39, 0.29) is 6.04 Å². The van der Waals surface area contributed by atoms with E-state index in [1.165, 1.54) is 0 Å². The Labute approximate surface area is 155 Å². The third kappa shape index (κ3) is 5.55. The maximum atomic E-state index is 4.76. The standard InChI is InChI=1S/C17H31N9/c1-6-16-23-21-13-26(16)9-8-19-17(18-7-2)20-11-15(24(3)4)14-10-22-25(5)12-14/h10,12-13,15H,6-9,11H2,1-5H3,(H2,18,19,20). The van der Waals surface area contributed by atoms with E-state index >= 15 is 0 Å². The number of nitrogens with one attached hydrogen (secondary N) is 2. The highest BCUT2D eigenvalue weighted by Gasteiger charge is 2.15. The summed E-state index contributed by atoms with van der Waals surface area (Å²) in [5.41, 5.74) is 1.16. The summed E-state index contributed by atoms with van der Waals surface area (Å²) in [6.45, 7) is 7.19. The topological polar surface area (TPSA) is 88.2 Å². The Morgan fingerprint density at radius 3 is 2.73 bits per heavy atom. The fraction of sp³-hybridized carbons (Fsp3) is 0.647. The third-order valence-electron chi connectivity index (χ3n) is 4.16. The molecule has 0 aliphatic rings. The molecular formula is C17H31N9. The molecule has 0 amide bonds. The van der Waals surface area contributed by atoms with E-state index in [2.05, 4.69) is 63.3 Å². The Morgan fingerprint density at radius 1 is 1.31 bits per heavy atom. The van der Waals surface area contributed by atoms with Crippen molar-refractivity contribution in [3.8, 4) is 0 Å². The smallest absolute Gasteiger partial charge is 0.191 e. The van der Waals surface area contributed by atoms with Gasteiger partial charge in [-0.15, -0.1) is 10.2 Å².